The quantitative estimate of drug-likeness (QED) is 0.880. The highest BCUT2D eigenvalue weighted by Gasteiger charge is 2.22. The van der Waals surface area contributed by atoms with Crippen molar-refractivity contribution >= 4 is 10.0 Å². The highest BCUT2D eigenvalue weighted by atomic mass is 32.2. The smallest absolute Gasteiger partial charge is 0.242 e. The van der Waals surface area contributed by atoms with Gasteiger partial charge in [0.05, 0.1) is 4.90 Å². The van der Waals surface area contributed by atoms with Crippen LogP contribution in [0.3, 0.4) is 0 Å². The van der Waals surface area contributed by atoms with Crippen molar-refractivity contribution in [3.8, 4) is 0 Å². The monoisotopic (exact) mass is 311 g/mol. The fourth-order valence-corrected chi connectivity index (χ4v) is 3.69. The van der Waals surface area contributed by atoms with E-state index < -0.39 is 10.0 Å². The van der Waals surface area contributed by atoms with Gasteiger partial charge < -0.3 is 14.7 Å². The molecule has 0 saturated heterocycles. The highest BCUT2D eigenvalue weighted by Crippen LogP contribution is 2.23. The lowest BCUT2D eigenvalue weighted by Gasteiger charge is -2.12. The Hall–Kier alpha value is -1.57. The summed E-state index contributed by atoms with van der Waals surface area (Å²) in [4.78, 5) is 0.218. The average molecular weight is 311 g/mol. The molecule has 0 aliphatic rings. The lowest BCUT2D eigenvalue weighted by molar-refractivity contribution is 0.496. The van der Waals surface area contributed by atoms with Crippen LogP contribution in [-0.2, 0) is 23.6 Å². The van der Waals surface area contributed by atoms with Gasteiger partial charge in [-0.05, 0) is 32.9 Å². The number of furan rings is 1. The van der Waals surface area contributed by atoms with E-state index in [4.69, 9.17) is 10.2 Å². The summed E-state index contributed by atoms with van der Waals surface area (Å²) in [5.41, 5.74) is 7.18. The first-order valence-corrected chi connectivity index (χ1v) is 8.17. The van der Waals surface area contributed by atoms with Crippen molar-refractivity contribution in [3.63, 3.8) is 0 Å². The van der Waals surface area contributed by atoms with Crippen molar-refractivity contribution in [3.05, 3.63) is 41.1 Å². The van der Waals surface area contributed by atoms with Crippen LogP contribution in [-0.4, -0.2) is 13.0 Å². The molecule has 0 radical (unpaired) electrons. The summed E-state index contributed by atoms with van der Waals surface area (Å²) in [6, 6.07) is 3.07. The molecule has 116 valence electrons. The maximum Gasteiger partial charge on any atom is 0.242 e. The predicted octanol–water partition coefficient (Wildman–Crippen LogP) is 1.73. The standard InChI is InChI=1S/C14H21N3O3S/c1-9-5-14(11(3)20-9)10(2)16-21(18,19)13-6-12(7-15)17(4)8-13/h5-6,8,10,16H,7,15H2,1-4H3. The van der Waals surface area contributed by atoms with Gasteiger partial charge >= 0.3 is 0 Å². The Morgan fingerprint density at radius 1 is 1.38 bits per heavy atom. The summed E-state index contributed by atoms with van der Waals surface area (Å²) in [5.74, 6) is 1.48. The predicted molar refractivity (Wildman–Crippen MR) is 80.2 cm³/mol. The number of sulfonamides is 1. The number of nitrogens with two attached hydrogens (primary N) is 1. The van der Waals surface area contributed by atoms with Gasteiger partial charge in [-0.25, -0.2) is 13.1 Å². The lowest BCUT2D eigenvalue weighted by Crippen LogP contribution is -2.26. The molecule has 0 aliphatic heterocycles. The van der Waals surface area contributed by atoms with Gasteiger partial charge in [0, 0.05) is 37.1 Å². The van der Waals surface area contributed by atoms with Crippen LogP contribution in [0.25, 0.3) is 0 Å². The van der Waals surface area contributed by atoms with E-state index in [1.807, 2.05) is 19.9 Å². The van der Waals surface area contributed by atoms with E-state index in [9.17, 15) is 8.42 Å². The molecule has 1 atom stereocenters. The molecular formula is C14H21N3O3S. The van der Waals surface area contributed by atoms with Crippen molar-refractivity contribution in [1.29, 1.82) is 0 Å². The minimum Gasteiger partial charge on any atom is -0.466 e. The van der Waals surface area contributed by atoms with E-state index in [0.29, 0.717) is 6.54 Å². The number of nitrogens with zero attached hydrogens (tertiary/aromatic N) is 1. The van der Waals surface area contributed by atoms with Gasteiger partial charge in [0.25, 0.3) is 0 Å². The molecule has 0 aromatic carbocycles. The zero-order valence-electron chi connectivity index (χ0n) is 12.7. The molecule has 21 heavy (non-hydrogen) atoms. The van der Waals surface area contributed by atoms with Crippen molar-refractivity contribution in [2.24, 2.45) is 12.8 Å². The van der Waals surface area contributed by atoms with Gasteiger partial charge in [0.15, 0.2) is 0 Å². The van der Waals surface area contributed by atoms with E-state index in [1.165, 1.54) is 0 Å². The Kier molecular flexibility index (Phi) is 4.27. The van der Waals surface area contributed by atoms with Crippen LogP contribution in [0.4, 0.5) is 0 Å². The van der Waals surface area contributed by atoms with Gasteiger partial charge in [-0.3, -0.25) is 0 Å². The second kappa shape index (κ2) is 5.67. The van der Waals surface area contributed by atoms with Gasteiger partial charge in [0.2, 0.25) is 10.0 Å². The third kappa shape index (κ3) is 3.20. The van der Waals surface area contributed by atoms with Crippen molar-refractivity contribution in [2.45, 2.75) is 38.3 Å². The first-order chi connectivity index (χ1) is 9.74. The molecule has 2 rings (SSSR count). The topological polar surface area (TPSA) is 90.3 Å². The van der Waals surface area contributed by atoms with E-state index >= 15 is 0 Å². The van der Waals surface area contributed by atoms with E-state index in [1.54, 1.807) is 30.8 Å². The summed E-state index contributed by atoms with van der Waals surface area (Å²) in [6.07, 6.45) is 1.56. The maximum absolute atomic E-state index is 12.4. The molecule has 0 fully saturated rings. The van der Waals surface area contributed by atoms with Crippen LogP contribution in [0.2, 0.25) is 0 Å². The van der Waals surface area contributed by atoms with Crippen molar-refractivity contribution < 1.29 is 12.8 Å². The molecule has 2 aromatic heterocycles. The molecule has 3 N–H and O–H groups in total. The highest BCUT2D eigenvalue weighted by molar-refractivity contribution is 7.89. The van der Waals surface area contributed by atoms with Crippen LogP contribution in [0.1, 0.15) is 35.7 Å². The number of aromatic nitrogens is 1. The Balaban J connectivity index is 2.26. The fraction of sp³-hybridized carbons (Fsp3) is 0.429. The Morgan fingerprint density at radius 3 is 2.52 bits per heavy atom. The van der Waals surface area contributed by atoms with Crippen LogP contribution < -0.4 is 10.5 Å². The summed E-state index contributed by atoms with van der Waals surface area (Å²) >= 11 is 0. The summed E-state index contributed by atoms with van der Waals surface area (Å²) in [5, 5.41) is 0. The zero-order valence-corrected chi connectivity index (χ0v) is 13.5. The second-order valence-corrected chi connectivity index (χ2v) is 6.91. The van der Waals surface area contributed by atoms with Crippen molar-refractivity contribution in [1.82, 2.24) is 9.29 Å². The van der Waals surface area contributed by atoms with E-state index in [0.717, 1.165) is 22.8 Å². The average Bonchev–Trinajstić information content (AvgIpc) is 2.91. The largest absolute Gasteiger partial charge is 0.466 e. The SMILES string of the molecule is Cc1cc(C(C)NS(=O)(=O)c2cc(CN)n(C)c2)c(C)o1. The third-order valence-electron chi connectivity index (χ3n) is 3.48. The molecular weight excluding hydrogens is 290 g/mol. The minimum atomic E-state index is -3.59. The zero-order chi connectivity index (χ0) is 15.8. The number of aryl methyl sites for hydroxylation is 3. The molecule has 7 heteroatoms. The minimum absolute atomic E-state index is 0.218. The summed E-state index contributed by atoms with van der Waals surface area (Å²) < 4.78 is 34.7. The first kappa shape index (κ1) is 15.8. The van der Waals surface area contributed by atoms with Gasteiger partial charge in [-0.1, -0.05) is 0 Å². The lowest BCUT2D eigenvalue weighted by atomic mass is 10.1. The molecule has 0 amide bonds. The number of hydrogen-bond acceptors (Lipinski definition) is 4. The van der Waals surface area contributed by atoms with Crippen LogP contribution >= 0.6 is 0 Å². The molecule has 2 heterocycles. The molecule has 2 aromatic rings. The first-order valence-electron chi connectivity index (χ1n) is 6.69. The number of hydrogen-bond donors (Lipinski definition) is 2. The number of rotatable bonds is 5. The molecule has 0 bridgehead atoms. The Morgan fingerprint density at radius 2 is 2.05 bits per heavy atom. The summed E-state index contributed by atoms with van der Waals surface area (Å²) in [7, 11) is -1.82. The Bertz CT molecular complexity index is 744. The molecule has 6 nitrogen and oxygen atoms in total. The van der Waals surface area contributed by atoms with E-state index in [-0.39, 0.29) is 10.9 Å². The number of nitrogens with one attached hydrogen (secondary N) is 1. The van der Waals surface area contributed by atoms with Crippen LogP contribution in [0.5, 0.6) is 0 Å². The molecule has 1 unspecified atom stereocenters. The Labute approximate surface area is 125 Å². The third-order valence-corrected chi connectivity index (χ3v) is 4.99. The molecule has 0 aliphatic carbocycles. The molecule has 0 saturated carbocycles. The van der Waals surface area contributed by atoms with Crippen molar-refractivity contribution in [2.75, 3.05) is 0 Å². The van der Waals surface area contributed by atoms with Gasteiger partial charge in [0.1, 0.15) is 11.5 Å². The molecule has 0 spiro atoms. The van der Waals surface area contributed by atoms with Gasteiger partial charge in [-0.15, -0.1) is 0 Å². The maximum atomic E-state index is 12.4. The van der Waals surface area contributed by atoms with Gasteiger partial charge in [-0.2, -0.15) is 0 Å². The van der Waals surface area contributed by atoms with E-state index in [2.05, 4.69) is 4.72 Å². The van der Waals surface area contributed by atoms with Crippen LogP contribution in [0.15, 0.2) is 27.6 Å². The fourth-order valence-electron chi connectivity index (χ4n) is 2.37. The second-order valence-electron chi connectivity index (χ2n) is 5.19. The summed E-state index contributed by atoms with van der Waals surface area (Å²) in [6.45, 7) is 5.74. The van der Waals surface area contributed by atoms with Crippen LogP contribution in [0, 0.1) is 13.8 Å². The normalized spacial score (nSPS) is 13.6.